The Morgan fingerprint density at radius 3 is 2.76 bits per heavy atom. The fraction of sp³-hybridized carbons (Fsp3) is 0.308. The van der Waals surface area contributed by atoms with Crippen LogP contribution in [0.1, 0.15) is 0 Å². The molecule has 1 aliphatic rings. The fourth-order valence-electron chi connectivity index (χ4n) is 1.89. The first-order chi connectivity index (χ1) is 9.99. The van der Waals surface area contributed by atoms with Gasteiger partial charge in [-0.2, -0.15) is 13.2 Å². The second kappa shape index (κ2) is 5.61. The van der Waals surface area contributed by atoms with Gasteiger partial charge in [-0.3, -0.25) is 4.98 Å². The van der Waals surface area contributed by atoms with Gasteiger partial charge in [0.25, 0.3) is 0 Å². The Morgan fingerprint density at radius 2 is 2.10 bits per heavy atom. The molecule has 1 aliphatic heterocycles. The van der Waals surface area contributed by atoms with Gasteiger partial charge in [0.05, 0.1) is 36.7 Å². The fourth-order valence-corrected chi connectivity index (χ4v) is 2.18. The third-order valence-corrected chi connectivity index (χ3v) is 3.36. The highest BCUT2D eigenvalue weighted by molar-refractivity contribution is 7.95. The molecule has 0 aliphatic carbocycles. The maximum Gasteiger partial charge on any atom is 0.479 e. The molecule has 2 heterocycles. The highest BCUT2D eigenvalue weighted by Crippen LogP contribution is 2.33. The van der Waals surface area contributed by atoms with Crippen LogP contribution in [0.2, 0.25) is 0 Å². The molecule has 0 spiro atoms. The average Bonchev–Trinajstić information content (AvgIpc) is 2.39. The van der Waals surface area contributed by atoms with Crippen molar-refractivity contribution in [1.29, 1.82) is 0 Å². The van der Waals surface area contributed by atoms with Gasteiger partial charge < -0.3 is 14.2 Å². The van der Waals surface area contributed by atoms with Gasteiger partial charge in [-0.15, -0.1) is 0 Å². The van der Waals surface area contributed by atoms with Crippen LogP contribution in [0.5, 0.6) is 5.75 Å². The summed E-state index contributed by atoms with van der Waals surface area (Å²) in [7, 11) is 0. The van der Waals surface area contributed by atoms with E-state index in [1.807, 2.05) is 6.07 Å². The largest absolute Gasteiger partial charge is 0.479 e. The van der Waals surface area contributed by atoms with Gasteiger partial charge in [-0.25, -0.2) is 0 Å². The van der Waals surface area contributed by atoms with E-state index in [2.05, 4.69) is 14.5 Å². The SMILES string of the molecule is FC(F)(F)SOc1ccc2ncc(NC3COC3)cc2c1. The highest BCUT2D eigenvalue weighted by atomic mass is 32.2. The van der Waals surface area contributed by atoms with Gasteiger partial charge >= 0.3 is 5.51 Å². The van der Waals surface area contributed by atoms with Crippen molar-refractivity contribution < 1.29 is 22.1 Å². The lowest BCUT2D eigenvalue weighted by Gasteiger charge is -2.27. The van der Waals surface area contributed by atoms with Crippen molar-refractivity contribution in [1.82, 2.24) is 4.98 Å². The third kappa shape index (κ3) is 3.70. The van der Waals surface area contributed by atoms with Crippen LogP contribution < -0.4 is 9.50 Å². The molecule has 4 nitrogen and oxygen atoms in total. The van der Waals surface area contributed by atoms with E-state index in [1.54, 1.807) is 12.3 Å². The molecule has 2 aromatic rings. The quantitative estimate of drug-likeness (QED) is 0.873. The normalized spacial score (nSPS) is 15.8. The van der Waals surface area contributed by atoms with Crippen LogP contribution in [0.15, 0.2) is 30.5 Å². The topological polar surface area (TPSA) is 43.4 Å². The molecule has 1 aromatic carbocycles. The number of ether oxygens (including phenoxy) is 1. The summed E-state index contributed by atoms with van der Waals surface area (Å²) in [5.74, 6) is 0.135. The number of anilines is 1. The van der Waals surface area contributed by atoms with Gasteiger partial charge in [0, 0.05) is 5.39 Å². The van der Waals surface area contributed by atoms with Gasteiger partial charge in [-0.1, -0.05) is 0 Å². The molecule has 0 unspecified atom stereocenters. The number of nitrogens with one attached hydrogen (secondary N) is 1. The first kappa shape index (κ1) is 14.3. The van der Waals surface area contributed by atoms with E-state index in [0.29, 0.717) is 24.1 Å². The maximum absolute atomic E-state index is 12.1. The van der Waals surface area contributed by atoms with E-state index in [9.17, 15) is 13.2 Å². The molecule has 3 rings (SSSR count). The number of fused-ring (bicyclic) bond motifs is 1. The Morgan fingerprint density at radius 1 is 1.29 bits per heavy atom. The number of aromatic nitrogens is 1. The van der Waals surface area contributed by atoms with Crippen LogP contribution in [0.4, 0.5) is 18.9 Å². The molecule has 1 N–H and O–H groups in total. The molecule has 112 valence electrons. The summed E-state index contributed by atoms with van der Waals surface area (Å²) >= 11 is -0.530. The van der Waals surface area contributed by atoms with Gasteiger partial charge in [0.1, 0.15) is 5.75 Å². The van der Waals surface area contributed by atoms with E-state index < -0.39 is 17.6 Å². The Hall–Kier alpha value is -1.67. The van der Waals surface area contributed by atoms with Crippen molar-refractivity contribution in [2.75, 3.05) is 18.5 Å². The van der Waals surface area contributed by atoms with Crippen molar-refractivity contribution in [3.63, 3.8) is 0 Å². The van der Waals surface area contributed by atoms with Crippen molar-refractivity contribution in [2.45, 2.75) is 11.6 Å². The number of hydrogen-bond acceptors (Lipinski definition) is 5. The van der Waals surface area contributed by atoms with Crippen LogP contribution in [0.3, 0.4) is 0 Å². The molecule has 1 fully saturated rings. The molecule has 1 aromatic heterocycles. The third-order valence-electron chi connectivity index (χ3n) is 2.89. The lowest BCUT2D eigenvalue weighted by Crippen LogP contribution is -2.40. The molecular weight excluding hydrogens is 305 g/mol. The molecule has 1 saturated heterocycles. The molecule has 0 amide bonds. The predicted octanol–water partition coefficient (Wildman–Crippen LogP) is 3.59. The molecule has 8 heteroatoms. The van der Waals surface area contributed by atoms with Gasteiger partial charge in [-0.05, 0) is 24.3 Å². The van der Waals surface area contributed by atoms with E-state index in [4.69, 9.17) is 4.74 Å². The summed E-state index contributed by atoms with van der Waals surface area (Å²) in [5, 5.41) is 3.94. The summed E-state index contributed by atoms with van der Waals surface area (Å²) in [6, 6.07) is 6.69. The number of halogens is 3. The number of pyridine rings is 1. The average molecular weight is 316 g/mol. The monoisotopic (exact) mass is 316 g/mol. The standard InChI is InChI=1S/C13H11F3N2O2S/c14-13(15,16)21-20-11-1-2-12-8(4-11)3-9(5-17-12)18-10-6-19-7-10/h1-5,10,18H,6-7H2. The van der Waals surface area contributed by atoms with Crippen molar-refractivity contribution in [3.05, 3.63) is 30.5 Å². The van der Waals surface area contributed by atoms with Crippen LogP contribution in [-0.2, 0) is 4.74 Å². The second-order valence-electron chi connectivity index (χ2n) is 4.57. The molecule has 21 heavy (non-hydrogen) atoms. The maximum atomic E-state index is 12.1. The smallest absolute Gasteiger partial charge is 0.417 e. The second-order valence-corrected chi connectivity index (χ2v) is 5.37. The predicted molar refractivity (Wildman–Crippen MR) is 74.2 cm³/mol. The van der Waals surface area contributed by atoms with E-state index in [0.717, 1.165) is 5.69 Å². The summed E-state index contributed by atoms with van der Waals surface area (Å²) in [4.78, 5) is 4.25. The first-order valence-corrected chi connectivity index (χ1v) is 6.90. The number of nitrogens with zero attached hydrogens (tertiary/aromatic N) is 1. The summed E-state index contributed by atoms with van der Waals surface area (Å²) < 4.78 is 46.1. The number of hydrogen-bond donors (Lipinski definition) is 1. The molecule has 0 bridgehead atoms. The van der Waals surface area contributed by atoms with Crippen molar-refractivity contribution in [3.8, 4) is 5.75 Å². The Balaban J connectivity index is 1.77. The Kier molecular flexibility index (Phi) is 3.81. The van der Waals surface area contributed by atoms with E-state index >= 15 is 0 Å². The van der Waals surface area contributed by atoms with Gasteiger partial charge in [0.15, 0.2) is 12.0 Å². The Labute approximate surface area is 122 Å². The minimum atomic E-state index is -4.43. The summed E-state index contributed by atoms with van der Waals surface area (Å²) in [6.07, 6.45) is 1.69. The molecular formula is C13H11F3N2O2S. The molecule has 0 radical (unpaired) electrons. The van der Waals surface area contributed by atoms with E-state index in [-0.39, 0.29) is 11.8 Å². The Bertz CT molecular complexity index is 647. The van der Waals surface area contributed by atoms with E-state index in [1.165, 1.54) is 12.1 Å². The number of benzene rings is 1. The minimum Gasteiger partial charge on any atom is -0.417 e. The van der Waals surface area contributed by atoms with Crippen LogP contribution in [0, 0.1) is 0 Å². The zero-order chi connectivity index (χ0) is 14.9. The minimum absolute atomic E-state index is 0.135. The zero-order valence-electron chi connectivity index (χ0n) is 10.7. The van der Waals surface area contributed by atoms with Crippen LogP contribution >= 0.6 is 12.0 Å². The van der Waals surface area contributed by atoms with Crippen LogP contribution in [0.25, 0.3) is 10.9 Å². The first-order valence-electron chi connectivity index (χ1n) is 6.16. The highest BCUT2D eigenvalue weighted by Gasteiger charge is 2.31. The number of alkyl halides is 3. The zero-order valence-corrected chi connectivity index (χ0v) is 11.5. The van der Waals surface area contributed by atoms with Gasteiger partial charge in [0.2, 0.25) is 0 Å². The molecule has 0 atom stereocenters. The molecule has 0 saturated carbocycles. The summed E-state index contributed by atoms with van der Waals surface area (Å²) in [6.45, 7) is 1.28. The summed E-state index contributed by atoms with van der Waals surface area (Å²) in [5.41, 5.74) is -2.94. The number of rotatable bonds is 4. The lowest BCUT2D eigenvalue weighted by atomic mass is 10.2. The van der Waals surface area contributed by atoms with Crippen LogP contribution in [-0.4, -0.2) is 29.7 Å². The lowest BCUT2D eigenvalue weighted by molar-refractivity contribution is -0.0369. The van der Waals surface area contributed by atoms with Crippen molar-refractivity contribution >= 4 is 28.6 Å². The van der Waals surface area contributed by atoms with Crippen molar-refractivity contribution in [2.24, 2.45) is 0 Å².